The maximum atomic E-state index is 6.55. The maximum absolute atomic E-state index is 6.55. The fraction of sp³-hybridized carbons (Fsp3) is 0.261. The van der Waals surface area contributed by atoms with Gasteiger partial charge in [-0.3, -0.25) is 0 Å². The van der Waals surface area contributed by atoms with E-state index in [1.54, 1.807) is 23.5 Å². The lowest BCUT2D eigenvalue weighted by atomic mass is 9.91. The number of halogens is 3. The van der Waals surface area contributed by atoms with Crippen molar-refractivity contribution in [2.24, 2.45) is 0 Å². The lowest BCUT2D eigenvalue weighted by molar-refractivity contribution is 0.498. The number of benzene rings is 2. The number of aromatic nitrogens is 4. The van der Waals surface area contributed by atoms with Crippen molar-refractivity contribution in [3.05, 3.63) is 68.1 Å². The van der Waals surface area contributed by atoms with Gasteiger partial charge in [-0.1, -0.05) is 79.0 Å². The van der Waals surface area contributed by atoms with Crippen molar-refractivity contribution in [1.29, 1.82) is 0 Å². The van der Waals surface area contributed by atoms with Gasteiger partial charge < -0.3 is 0 Å². The molecule has 0 N–H and O–H groups in total. The van der Waals surface area contributed by atoms with Crippen LogP contribution in [0.1, 0.15) is 37.8 Å². The second-order valence-electron chi connectivity index (χ2n) is 7.99. The van der Waals surface area contributed by atoms with Crippen LogP contribution in [-0.2, 0) is 5.41 Å². The molecular formula is C23H21Cl3N4S. The standard InChI is InChI=1S/C23H21Cl3N4S/c1-5-23(3,4)22-28-27-21(31-22)19-13(2)20(14-7-6-8-15(24)11-14)30(29-19)18-10-9-16(25)12-17(18)26/h6-12H,5H2,1-4H3. The zero-order chi connectivity index (χ0) is 22.3. The maximum Gasteiger partial charge on any atom is 0.168 e. The van der Waals surface area contributed by atoms with Gasteiger partial charge in [0.25, 0.3) is 0 Å². The average molecular weight is 492 g/mol. The fourth-order valence-corrected chi connectivity index (χ4v) is 4.98. The summed E-state index contributed by atoms with van der Waals surface area (Å²) in [5.41, 5.74) is 4.28. The molecule has 0 aliphatic carbocycles. The van der Waals surface area contributed by atoms with E-state index in [2.05, 4.69) is 31.0 Å². The smallest absolute Gasteiger partial charge is 0.168 e. The minimum Gasteiger partial charge on any atom is -0.231 e. The first-order chi connectivity index (χ1) is 14.7. The normalized spacial score (nSPS) is 11.8. The van der Waals surface area contributed by atoms with E-state index in [0.29, 0.717) is 15.1 Å². The highest BCUT2D eigenvalue weighted by Crippen LogP contribution is 2.39. The van der Waals surface area contributed by atoms with Crippen molar-refractivity contribution in [2.45, 2.75) is 39.5 Å². The molecule has 0 fully saturated rings. The Kier molecular flexibility index (Phi) is 6.14. The SMILES string of the molecule is CCC(C)(C)c1nnc(-c2nn(-c3ccc(Cl)cc3Cl)c(-c3cccc(Cl)c3)c2C)s1. The summed E-state index contributed by atoms with van der Waals surface area (Å²) in [4.78, 5) is 0. The Morgan fingerprint density at radius 2 is 1.74 bits per heavy atom. The van der Waals surface area contributed by atoms with Crippen LogP contribution in [-0.4, -0.2) is 20.0 Å². The minimum atomic E-state index is -0.0400. The summed E-state index contributed by atoms with van der Waals surface area (Å²) in [6, 6.07) is 13.1. The van der Waals surface area contributed by atoms with Gasteiger partial charge in [-0.25, -0.2) is 4.68 Å². The van der Waals surface area contributed by atoms with E-state index in [-0.39, 0.29) is 5.41 Å². The molecule has 2 aromatic heterocycles. The van der Waals surface area contributed by atoms with E-state index in [9.17, 15) is 0 Å². The Labute approximate surface area is 200 Å². The predicted molar refractivity (Wildman–Crippen MR) is 131 cm³/mol. The van der Waals surface area contributed by atoms with Crippen LogP contribution >= 0.6 is 46.1 Å². The van der Waals surface area contributed by atoms with Gasteiger partial charge in [-0.15, -0.1) is 10.2 Å². The number of rotatable bonds is 5. The highest BCUT2D eigenvalue weighted by molar-refractivity contribution is 7.14. The molecule has 2 heterocycles. The molecule has 0 amide bonds. The van der Waals surface area contributed by atoms with Crippen LogP contribution in [0.4, 0.5) is 0 Å². The Balaban J connectivity index is 1.95. The third kappa shape index (κ3) is 4.24. The van der Waals surface area contributed by atoms with Crippen molar-refractivity contribution in [1.82, 2.24) is 20.0 Å². The van der Waals surface area contributed by atoms with Crippen molar-refractivity contribution in [2.75, 3.05) is 0 Å². The van der Waals surface area contributed by atoms with E-state index in [0.717, 1.165) is 44.6 Å². The molecule has 0 saturated heterocycles. The Hall–Kier alpha value is -1.92. The van der Waals surface area contributed by atoms with Crippen LogP contribution in [0.25, 0.3) is 27.6 Å². The number of hydrogen-bond donors (Lipinski definition) is 0. The molecule has 0 unspecified atom stereocenters. The van der Waals surface area contributed by atoms with Crippen LogP contribution in [0.2, 0.25) is 15.1 Å². The van der Waals surface area contributed by atoms with Crippen molar-refractivity contribution < 1.29 is 0 Å². The first-order valence-electron chi connectivity index (χ1n) is 9.86. The molecule has 0 bridgehead atoms. The van der Waals surface area contributed by atoms with Gasteiger partial charge in [0.05, 0.1) is 16.4 Å². The summed E-state index contributed by atoms with van der Waals surface area (Å²) in [5, 5.41) is 17.3. The summed E-state index contributed by atoms with van der Waals surface area (Å²) in [7, 11) is 0. The van der Waals surface area contributed by atoms with Crippen molar-refractivity contribution in [3.63, 3.8) is 0 Å². The second-order valence-corrected chi connectivity index (χ2v) is 10.2. The predicted octanol–water partition coefficient (Wildman–Crippen LogP) is 8.01. The van der Waals surface area contributed by atoms with Gasteiger partial charge in [0, 0.05) is 26.6 Å². The third-order valence-electron chi connectivity index (χ3n) is 5.45. The highest BCUT2D eigenvalue weighted by Gasteiger charge is 2.27. The van der Waals surface area contributed by atoms with Crippen LogP contribution in [0.3, 0.4) is 0 Å². The fourth-order valence-electron chi connectivity index (χ4n) is 3.24. The second kappa shape index (κ2) is 8.55. The Bertz CT molecular complexity index is 1260. The molecule has 0 aliphatic rings. The largest absolute Gasteiger partial charge is 0.231 e. The van der Waals surface area contributed by atoms with Gasteiger partial charge in [-0.05, 0) is 43.7 Å². The topological polar surface area (TPSA) is 43.6 Å². The van der Waals surface area contributed by atoms with E-state index in [1.165, 1.54) is 0 Å². The van der Waals surface area contributed by atoms with Crippen LogP contribution in [0.5, 0.6) is 0 Å². The van der Waals surface area contributed by atoms with E-state index in [4.69, 9.17) is 39.9 Å². The molecule has 4 rings (SSSR count). The van der Waals surface area contributed by atoms with Crippen molar-refractivity contribution >= 4 is 46.1 Å². The Morgan fingerprint density at radius 1 is 1.00 bits per heavy atom. The van der Waals surface area contributed by atoms with Crippen LogP contribution in [0, 0.1) is 6.92 Å². The van der Waals surface area contributed by atoms with E-state index in [1.807, 2.05) is 41.9 Å². The number of nitrogens with zero attached hydrogens (tertiary/aromatic N) is 4. The summed E-state index contributed by atoms with van der Waals surface area (Å²) >= 11 is 20.5. The van der Waals surface area contributed by atoms with Gasteiger partial charge in [0.1, 0.15) is 10.7 Å². The van der Waals surface area contributed by atoms with Crippen molar-refractivity contribution in [3.8, 4) is 27.6 Å². The van der Waals surface area contributed by atoms with E-state index < -0.39 is 0 Å². The molecule has 0 radical (unpaired) electrons. The molecule has 0 atom stereocenters. The van der Waals surface area contributed by atoms with E-state index >= 15 is 0 Å². The molecule has 0 saturated carbocycles. The lowest BCUT2D eigenvalue weighted by Crippen LogP contribution is -2.14. The number of hydrogen-bond acceptors (Lipinski definition) is 4. The quantitative estimate of drug-likeness (QED) is 0.284. The minimum absolute atomic E-state index is 0.0400. The molecule has 4 nitrogen and oxygen atoms in total. The lowest BCUT2D eigenvalue weighted by Gasteiger charge is -2.17. The first kappa shape index (κ1) is 22.3. The molecule has 2 aromatic carbocycles. The molecule has 160 valence electrons. The van der Waals surface area contributed by atoms with Crippen LogP contribution in [0.15, 0.2) is 42.5 Å². The summed E-state index contributed by atoms with van der Waals surface area (Å²) in [5.74, 6) is 0. The summed E-state index contributed by atoms with van der Waals surface area (Å²) < 4.78 is 1.83. The molecular weight excluding hydrogens is 471 g/mol. The molecule has 0 spiro atoms. The first-order valence-corrected chi connectivity index (χ1v) is 11.8. The van der Waals surface area contributed by atoms with Gasteiger partial charge >= 0.3 is 0 Å². The Morgan fingerprint density at radius 3 is 2.42 bits per heavy atom. The third-order valence-corrected chi connectivity index (χ3v) is 7.52. The molecule has 0 aliphatic heterocycles. The van der Waals surface area contributed by atoms with Gasteiger partial charge in [-0.2, -0.15) is 5.10 Å². The zero-order valence-electron chi connectivity index (χ0n) is 17.6. The van der Waals surface area contributed by atoms with Crippen LogP contribution < -0.4 is 0 Å². The highest BCUT2D eigenvalue weighted by atomic mass is 35.5. The zero-order valence-corrected chi connectivity index (χ0v) is 20.7. The summed E-state index contributed by atoms with van der Waals surface area (Å²) in [6.07, 6.45) is 0.975. The summed E-state index contributed by atoms with van der Waals surface area (Å²) in [6.45, 7) is 8.53. The average Bonchev–Trinajstić information content (AvgIpc) is 3.33. The molecule has 4 aromatic rings. The van der Waals surface area contributed by atoms with Gasteiger partial charge in [0.2, 0.25) is 0 Å². The molecule has 31 heavy (non-hydrogen) atoms. The monoisotopic (exact) mass is 490 g/mol. The molecule has 8 heteroatoms. The van der Waals surface area contributed by atoms with Gasteiger partial charge in [0.15, 0.2) is 5.01 Å².